The minimum atomic E-state index is -0.782. The van der Waals surface area contributed by atoms with Crippen LogP contribution in [0.25, 0.3) is 22.0 Å². The van der Waals surface area contributed by atoms with E-state index in [1.807, 2.05) is 60.7 Å². The third-order valence-electron chi connectivity index (χ3n) is 9.05. The summed E-state index contributed by atoms with van der Waals surface area (Å²) in [6.45, 7) is 3.82. The number of piperidine rings is 1. The Morgan fingerprint density at radius 3 is 2.45 bits per heavy atom. The predicted molar refractivity (Wildman–Crippen MR) is 191 cm³/mol. The number of hydrogen-bond donors (Lipinski definition) is 5. The van der Waals surface area contributed by atoms with Crippen LogP contribution < -0.4 is 16.2 Å². The number of benzene rings is 3. The summed E-state index contributed by atoms with van der Waals surface area (Å²) in [7, 11) is 0. The van der Waals surface area contributed by atoms with E-state index < -0.39 is 12.2 Å². The number of aromatic nitrogens is 1. The number of carbonyl (C=O) groups is 1. The number of phenolic OH excluding ortho intramolecular Hbond substituents is 1. The number of pyridine rings is 1. The van der Waals surface area contributed by atoms with Crippen molar-refractivity contribution < 1.29 is 24.2 Å². The van der Waals surface area contributed by atoms with Crippen LogP contribution in [0.15, 0.2) is 100 Å². The van der Waals surface area contributed by atoms with Gasteiger partial charge in [-0.1, -0.05) is 54.6 Å². The van der Waals surface area contributed by atoms with Crippen LogP contribution in [0, 0.1) is 0 Å². The maximum atomic E-state index is 12.7. The second-order valence-electron chi connectivity index (χ2n) is 12.6. The fraction of sp³-hybridized carbons (Fsp3) is 0.333. The zero-order valence-corrected chi connectivity index (χ0v) is 27.6. The molecule has 1 atom stereocenters. The number of H-pyrrole nitrogens is 1. The number of aryl methyl sites for hydroxylation is 2. The molecule has 1 unspecified atom stereocenters. The number of nitrogens with one attached hydrogen (secondary N) is 3. The standard InChI is InChI=1S/C39H44N4O6/c44-35-18-16-32(33-17-19-37(46)42-38(33)35)36(45)26-40-22-6-10-28-14-15-29(48-28)11-7-23-43-24-20-30(21-25-43)49-39(47)41-34-13-5-4-12-31(34)27-8-2-1-3-9-27/h1-5,8-9,12-19,30,36,40,44-45H,6-7,10-11,20-26H2,(H,41,47)(H,42,46). The molecule has 1 amide bonds. The van der Waals surface area contributed by atoms with Gasteiger partial charge in [0.05, 0.1) is 17.3 Å². The number of likely N-dealkylation sites (tertiary alicyclic amines) is 1. The summed E-state index contributed by atoms with van der Waals surface area (Å²) in [6, 6.07) is 28.0. The van der Waals surface area contributed by atoms with Gasteiger partial charge in [0, 0.05) is 49.5 Å². The normalized spacial score (nSPS) is 14.6. The van der Waals surface area contributed by atoms with E-state index in [-0.39, 0.29) is 17.4 Å². The van der Waals surface area contributed by atoms with E-state index in [1.54, 1.807) is 12.1 Å². The van der Waals surface area contributed by atoms with Gasteiger partial charge in [0.15, 0.2) is 0 Å². The van der Waals surface area contributed by atoms with Gasteiger partial charge in [-0.25, -0.2) is 4.79 Å². The molecule has 1 aliphatic heterocycles. The van der Waals surface area contributed by atoms with E-state index >= 15 is 0 Å². The second-order valence-corrected chi connectivity index (χ2v) is 12.6. The Morgan fingerprint density at radius 1 is 0.918 bits per heavy atom. The number of anilines is 1. The first-order valence-corrected chi connectivity index (χ1v) is 17.1. The number of rotatable bonds is 14. The predicted octanol–water partition coefficient (Wildman–Crippen LogP) is 6.40. The molecule has 49 heavy (non-hydrogen) atoms. The molecule has 5 aromatic rings. The number of phenols is 1. The maximum Gasteiger partial charge on any atom is 0.411 e. The molecule has 1 fully saturated rings. The molecular weight excluding hydrogens is 620 g/mol. The van der Waals surface area contributed by atoms with Crippen molar-refractivity contribution in [1.82, 2.24) is 15.2 Å². The van der Waals surface area contributed by atoms with Crippen molar-refractivity contribution in [2.45, 2.75) is 50.7 Å². The van der Waals surface area contributed by atoms with E-state index in [4.69, 9.17) is 9.15 Å². The summed E-state index contributed by atoms with van der Waals surface area (Å²) >= 11 is 0. The number of nitrogens with zero attached hydrogens (tertiary/aromatic N) is 1. The monoisotopic (exact) mass is 664 g/mol. The Bertz CT molecular complexity index is 1880. The van der Waals surface area contributed by atoms with Gasteiger partial charge in [-0.2, -0.15) is 0 Å². The molecule has 0 spiro atoms. The van der Waals surface area contributed by atoms with Gasteiger partial charge in [0.25, 0.3) is 0 Å². The number of amides is 1. The van der Waals surface area contributed by atoms with E-state index in [2.05, 4.69) is 26.6 Å². The number of aromatic amines is 1. The van der Waals surface area contributed by atoms with Gasteiger partial charge in [-0.05, 0) is 80.2 Å². The smallest absolute Gasteiger partial charge is 0.411 e. The maximum absolute atomic E-state index is 12.7. The van der Waals surface area contributed by atoms with Crippen LogP contribution in [0.4, 0.5) is 10.5 Å². The fourth-order valence-corrected chi connectivity index (χ4v) is 6.46. The Hall–Kier alpha value is -4.90. The highest BCUT2D eigenvalue weighted by atomic mass is 16.6. The van der Waals surface area contributed by atoms with Gasteiger partial charge in [-0.15, -0.1) is 0 Å². The molecule has 0 aliphatic carbocycles. The zero-order chi connectivity index (χ0) is 34.0. The first-order valence-electron chi connectivity index (χ1n) is 17.1. The van der Waals surface area contributed by atoms with Crippen LogP contribution in [0.1, 0.15) is 48.9 Å². The number of fused-ring (bicyclic) bond motifs is 1. The molecule has 10 nitrogen and oxygen atoms in total. The van der Waals surface area contributed by atoms with Crippen molar-refractivity contribution >= 4 is 22.7 Å². The Balaban J connectivity index is 0.850. The number of furan rings is 1. The molecule has 1 aliphatic rings. The van der Waals surface area contributed by atoms with E-state index in [0.717, 1.165) is 86.5 Å². The Morgan fingerprint density at radius 2 is 1.65 bits per heavy atom. The molecule has 6 rings (SSSR count). The average molecular weight is 665 g/mol. The van der Waals surface area contributed by atoms with Crippen LogP contribution in [-0.4, -0.2) is 65.0 Å². The van der Waals surface area contributed by atoms with Crippen molar-refractivity contribution in [3.63, 3.8) is 0 Å². The largest absolute Gasteiger partial charge is 0.506 e. The lowest BCUT2D eigenvalue weighted by Crippen LogP contribution is -2.39. The van der Waals surface area contributed by atoms with Crippen molar-refractivity contribution in [2.24, 2.45) is 0 Å². The summed E-state index contributed by atoms with van der Waals surface area (Å²) in [4.78, 5) is 29.4. The van der Waals surface area contributed by atoms with Crippen LogP contribution >= 0.6 is 0 Å². The summed E-state index contributed by atoms with van der Waals surface area (Å²) in [5.41, 5.74) is 3.42. The molecule has 0 bridgehead atoms. The SMILES string of the molecule is O=C(Nc1ccccc1-c1ccccc1)OC1CCN(CCCc2ccc(CCCNCC(O)c3ccc(O)c4[nH]c(=O)ccc34)o2)CC1. The molecule has 256 valence electrons. The summed E-state index contributed by atoms with van der Waals surface area (Å²) in [5.74, 6) is 1.92. The van der Waals surface area contributed by atoms with Gasteiger partial charge in [0.1, 0.15) is 23.4 Å². The summed E-state index contributed by atoms with van der Waals surface area (Å²) in [6.07, 6.45) is 3.87. The number of carbonyl (C=O) groups excluding carboxylic acids is 1. The van der Waals surface area contributed by atoms with Crippen molar-refractivity contribution in [2.75, 3.05) is 38.0 Å². The van der Waals surface area contributed by atoms with Gasteiger partial charge in [-0.3, -0.25) is 10.1 Å². The molecule has 1 saturated heterocycles. The van der Waals surface area contributed by atoms with Crippen LogP contribution in [0.5, 0.6) is 5.75 Å². The van der Waals surface area contributed by atoms with E-state index in [1.165, 1.54) is 12.1 Å². The molecule has 3 heterocycles. The number of ether oxygens (including phenoxy) is 1. The van der Waals surface area contributed by atoms with E-state index in [9.17, 15) is 19.8 Å². The molecule has 2 aromatic heterocycles. The number of aromatic hydroxyl groups is 1. The van der Waals surface area contributed by atoms with Crippen LogP contribution in [0.2, 0.25) is 0 Å². The summed E-state index contributed by atoms with van der Waals surface area (Å²) in [5, 5.41) is 27.7. The van der Waals surface area contributed by atoms with Crippen LogP contribution in [-0.2, 0) is 17.6 Å². The number of aliphatic hydroxyl groups excluding tert-OH is 1. The second kappa shape index (κ2) is 16.5. The van der Waals surface area contributed by atoms with Gasteiger partial charge < -0.3 is 34.6 Å². The third-order valence-corrected chi connectivity index (χ3v) is 9.05. The zero-order valence-electron chi connectivity index (χ0n) is 27.6. The minimum absolute atomic E-state index is 0.0233. The molecule has 5 N–H and O–H groups in total. The highest BCUT2D eigenvalue weighted by Crippen LogP contribution is 2.29. The third kappa shape index (κ3) is 9.17. The fourth-order valence-electron chi connectivity index (χ4n) is 6.46. The number of para-hydroxylation sites is 1. The Labute approximate surface area is 285 Å². The highest BCUT2D eigenvalue weighted by molar-refractivity contribution is 5.91. The van der Waals surface area contributed by atoms with Crippen molar-refractivity contribution in [3.05, 3.63) is 118 Å². The molecule has 10 heteroatoms. The van der Waals surface area contributed by atoms with Gasteiger partial charge >= 0.3 is 6.09 Å². The van der Waals surface area contributed by atoms with E-state index in [0.29, 0.717) is 29.6 Å². The lowest BCUT2D eigenvalue weighted by Gasteiger charge is -2.31. The lowest BCUT2D eigenvalue weighted by atomic mass is 10.0. The Kier molecular flexibility index (Phi) is 11.4. The van der Waals surface area contributed by atoms with Gasteiger partial charge in [0.2, 0.25) is 5.56 Å². The molecule has 3 aromatic carbocycles. The molecule has 0 saturated carbocycles. The first kappa shape index (κ1) is 34.0. The van der Waals surface area contributed by atoms with Crippen LogP contribution in [0.3, 0.4) is 0 Å². The topological polar surface area (TPSA) is 140 Å². The highest BCUT2D eigenvalue weighted by Gasteiger charge is 2.23. The summed E-state index contributed by atoms with van der Waals surface area (Å²) < 4.78 is 11.9. The number of hydrogen-bond acceptors (Lipinski definition) is 8. The quantitative estimate of drug-likeness (QED) is 0.0861. The molecule has 0 radical (unpaired) electrons. The molecular formula is C39H44N4O6. The number of aliphatic hydroxyl groups is 1. The van der Waals surface area contributed by atoms with Crippen molar-refractivity contribution in [1.29, 1.82) is 0 Å². The minimum Gasteiger partial charge on any atom is -0.506 e. The first-order chi connectivity index (χ1) is 23.9. The average Bonchev–Trinajstić information content (AvgIpc) is 3.57. The lowest BCUT2D eigenvalue weighted by molar-refractivity contribution is 0.0586. The van der Waals surface area contributed by atoms with Crippen molar-refractivity contribution in [3.8, 4) is 16.9 Å².